The normalized spacial score (nSPS) is 17.0. The summed E-state index contributed by atoms with van der Waals surface area (Å²) in [5.74, 6) is 0.0878. The molecule has 0 saturated carbocycles. The first-order valence-electron chi connectivity index (χ1n) is 12.1. The summed E-state index contributed by atoms with van der Waals surface area (Å²) in [6.07, 6.45) is 0.824. The van der Waals surface area contributed by atoms with Gasteiger partial charge in [-0.05, 0) is 54.8 Å². The third-order valence-corrected chi connectivity index (χ3v) is 6.73. The second-order valence-corrected chi connectivity index (χ2v) is 8.76. The first-order chi connectivity index (χ1) is 17.0. The first kappa shape index (κ1) is 24.3. The number of benzene rings is 3. The lowest BCUT2D eigenvalue weighted by Crippen LogP contribution is -2.46. The second-order valence-electron chi connectivity index (χ2n) is 8.76. The maximum absolute atomic E-state index is 13.6. The van der Waals surface area contributed by atoms with Gasteiger partial charge in [0.15, 0.2) is 0 Å². The fraction of sp³-hybridized carbons (Fsp3) is 0.310. The Morgan fingerprint density at radius 1 is 1.00 bits per heavy atom. The number of methoxy groups -OCH3 is 1. The van der Waals surface area contributed by atoms with E-state index in [1.807, 2.05) is 60.7 Å². The Kier molecular flexibility index (Phi) is 7.70. The number of hydrogen-bond donors (Lipinski definition) is 1. The van der Waals surface area contributed by atoms with Crippen LogP contribution in [-0.4, -0.2) is 50.5 Å². The number of fused-ring (bicyclic) bond motifs is 1. The van der Waals surface area contributed by atoms with E-state index in [-0.39, 0.29) is 11.8 Å². The lowest BCUT2D eigenvalue weighted by molar-refractivity contribution is -0.124. The standard InChI is InChI=1S/C29H33N3O3/c1-4-32(22-11-6-5-7-12-22)20-10-19-30-28(33)26-24-13-8-9-14-25(24)29(34)31(2)27(26)21-15-17-23(35-3)18-16-21/h5-9,11-18,26-27H,4,10,19-20H2,1-3H3,(H,30,33). The Bertz CT molecular complexity index is 1150. The van der Waals surface area contributed by atoms with Gasteiger partial charge in [-0.15, -0.1) is 0 Å². The van der Waals surface area contributed by atoms with E-state index in [4.69, 9.17) is 4.74 Å². The number of nitrogens with one attached hydrogen (secondary N) is 1. The fourth-order valence-electron chi connectivity index (χ4n) is 4.87. The molecule has 1 heterocycles. The Morgan fingerprint density at radius 2 is 1.69 bits per heavy atom. The van der Waals surface area contributed by atoms with Crippen LogP contribution in [0.25, 0.3) is 0 Å². The summed E-state index contributed by atoms with van der Waals surface area (Å²) < 4.78 is 5.30. The van der Waals surface area contributed by atoms with Crippen molar-refractivity contribution < 1.29 is 14.3 Å². The lowest BCUT2D eigenvalue weighted by Gasteiger charge is -2.39. The van der Waals surface area contributed by atoms with E-state index in [2.05, 4.69) is 29.3 Å². The SMILES string of the molecule is CCN(CCCNC(=O)C1c2ccccc2C(=O)N(C)C1c1ccc(OC)cc1)c1ccccc1. The molecule has 6 nitrogen and oxygen atoms in total. The zero-order valence-corrected chi connectivity index (χ0v) is 20.6. The molecule has 3 aromatic carbocycles. The molecule has 2 unspecified atom stereocenters. The highest BCUT2D eigenvalue weighted by molar-refractivity contribution is 6.01. The summed E-state index contributed by atoms with van der Waals surface area (Å²) in [5, 5.41) is 3.15. The summed E-state index contributed by atoms with van der Waals surface area (Å²) in [6.45, 7) is 4.45. The summed E-state index contributed by atoms with van der Waals surface area (Å²) in [6, 6.07) is 24.9. The Labute approximate surface area is 207 Å². The van der Waals surface area contributed by atoms with Crippen molar-refractivity contribution in [3.8, 4) is 5.75 Å². The maximum Gasteiger partial charge on any atom is 0.254 e. The number of nitrogens with zero attached hydrogens (tertiary/aromatic N) is 2. The molecule has 182 valence electrons. The number of para-hydroxylation sites is 1. The number of hydrogen-bond acceptors (Lipinski definition) is 4. The minimum Gasteiger partial charge on any atom is -0.497 e. The highest BCUT2D eigenvalue weighted by atomic mass is 16.5. The van der Waals surface area contributed by atoms with Crippen molar-refractivity contribution in [1.82, 2.24) is 10.2 Å². The molecule has 1 aliphatic rings. The van der Waals surface area contributed by atoms with Gasteiger partial charge in [0.25, 0.3) is 5.91 Å². The highest BCUT2D eigenvalue weighted by Gasteiger charge is 2.42. The van der Waals surface area contributed by atoms with E-state index in [1.165, 1.54) is 5.69 Å². The van der Waals surface area contributed by atoms with Crippen LogP contribution in [-0.2, 0) is 4.79 Å². The highest BCUT2D eigenvalue weighted by Crippen LogP contribution is 2.42. The van der Waals surface area contributed by atoms with Crippen LogP contribution >= 0.6 is 0 Å². The van der Waals surface area contributed by atoms with E-state index in [0.29, 0.717) is 12.1 Å². The number of amides is 2. The van der Waals surface area contributed by atoms with Gasteiger partial charge in [-0.3, -0.25) is 9.59 Å². The molecule has 2 atom stereocenters. The third-order valence-electron chi connectivity index (χ3n) is 6.73. The third kappa shape index (κ3) is 5.16. The molecule has 0 radical (unpaired) electrons. The molecule has 0 saturated heterocycles. The van der Waals surface area contributed by atoms with Crippen LogP contribution in [0.4, 0.5) is 5.69 Å². The van der Waals surface area contributed by atoms with Crippen LogP contribution in [0.1, 0.15) is 46.8 Å². The van der Waals surface area contributed by atoms with Gasteiger partial charge < -0.3 is 19.9 Å². The Morgan fingerprint density at radius 3 is 2.37 bits per heavy atom. The van der Waals surface area contributed by atoms with Crippen molar-refractivity contribution in [3.63, 3.8) is 0 Å². The molecule has 3 aromatic rings. The van der Waals surface area contributed by atoms with Crippen molar-refractivity contribution in [2.24, 2.45) is 0 Å². The monoisotopic (exact) mass is 471 g/mol. The number of likely N-dealkylation sites (N-methyl/N-ethyl adjacent to an activating group) is 1. The molecule has 35 heavy (non-hydrogen) atoms. The van der Waals surface area contributed by atoms with Gasteiger partial charge >= 0.3 is 0 Å². The zero-order chi connectivity index (χ0) is 24.8. The van der Waals surface area contributed by atoms with Gasteiger partial charge in [-0.2, -0.15) is 0 Å². The lowest BCUT2D eigenvalue weighted by atomic mass is 9.79. The van der Waals surface area contributed by atoms with Gasteiger partial charge in [0.2, 0.25) is 5.91 Å². The molecule has 2 amide bonds. The molecule has 6 heteroatoms. The fourth-order valence-corrected chi connectivity index (χ4v) is 4.87. The van der Waals surface area contributed by atoms with Crippen molar-refractivity contribution in [3.05, 3.63) is 95.6 Å². The minimum atomic E-state index is -0.501. The average molecular weight is 472 g/mol. The molecule has 0 aromatic heterocycles. The molecule has 0 spiro atoms. The van der Waals surface area contributed by atoms with Crippen LogP contribution in [0.2, 0.25) is 0 Å². The van der Waals surface area contributed by atoms with Gasteiger partial charge in [0.1, 0.15) is 5.75 Å². The Balaban J connectivity index is 1.52. The number of carbonyl (C=O) groups excluding carboxylic acids is 2. The average Bonchev–Trinajstić information content (AvgIpc) is 2.91. The van der Waals surface area contributed by atoms with Gasteiger partial charge in [0, 0.05) is 37.9 Å². The number of anilines is 1. The van der Waals surface area contributed by atoms with Gasteiger partial charge in [-0.1, -0.05) is 48.5 Å². The summed E-state index contributed by atoms with van der Waals surface area (Å²) in [7, 11) is 3.39. The van der Waals surface area contributed by atoms with Gasteiger partial charge in [-0.25, -0.2) is 0 Å². The van der Waals surface area contributed by atoms with Crippen LogP contribution < -0.4 is 15.0 Å². The minimum absolute atomic E-state index is 0.0691. The van der Waals surface area contributed by atoms with E-state index in [9.17, 15) is 9.59 Å². The molecular weight excluding hydrogens is 438 g/mol. The smallest absolute Gasteiger partial charge is 0.254 e. The molecule has 1 aliphatic heterocycles. The van der Waals surface area contributed by atoms with E-state index < -0.39 is 12.0 Å². The number of ether oxygens (including phenoxy) is 1. The largest absolute Gasteiger partial charge is 0.497 e. The summed E-state index contributed by atoms with van der Waals surface area (Å²) in [5.41, 5.74) is 3.44. The van der Waals surface area contributed by atoms with Crippen molar-refractivity contribution in [2.75, 3.05) is 38.7 Å². The predicted molar refractivity (Wildman–Crippen MR) is 139 cm³/mol. The molecule has 0 fully saturated rings. The van der Waals surface area contributed by atoms with Crippen LogP contribution in [0.15, 0.2) is 78.9 Å². The second kappa shape index (κ2) is 11.1. The predicted octanol–water partition coefficient (Wildman–Crippen LogP) is 4.64. The summed E-state index contributed by atoms with van der Waals surface area (Å²) >= 11 is 0. The van der Waals surface area contributed by atoms with E-state index >= 15 is 0 Å². The number of rotatable bonds is 9. The topological polar surface area (TPSA) is 61.9 Å². The molecule has 0 bridgehead atoms. The Hall–Kier alpha value is -3.80. The van der Waals surface area contributed by atoms with Crippen molar-refractivity contribution in [1.29, 1.82) is 0 Å². The van der Waals surface area contributed by atoms with Gasteiger partial charge in [0.05, 0.1) is 19.1 Å². The van der Waals surface area contributed by atoms with Crippen LogP contribution in [0.3, 0.4) is 0 Å². The maximum atomic E-state index is 13.6. The zero-order valence-electron chi connectivity index (χ0n) is 20.6. The summed E-state index contributed by atoms with van der Waals surface area (Å²) in [4.78, 5) is 30.8. The van der Waals surface area contributed by atoms with Crippen molar-refractivity contribution in [2.45, 2.75) is 25.3 Å². The molecule has 4 rings (SSSR count). The number of carbonyl (C=O) groups is 2. The van der Waals surface area contributed by atoms with Crippen molar-refractivity contribution >= 4 is 17.5 Å². The van der Waals surface area contributed by atoms with E-state index in [1.54, 1.807) is 25.1 Å². The first-order valence-corrected chi connectivity index (χ1v) is 12.1. The van der Waals surface area contributed by atoms with E-state index in [0.717, 1.165) is 36.4 Å². The quantitative estimate of drug-likeness (QED) is 0.462. The molecule has 1 N–H and O–H groups in total. The molecule has 0 aliphatic carbocycles. The van der Waals surface area contributed by atoms with Crippen LogP contribution in [0, 0.1) is 0 Å². The molecular formula is C29H33N3O3. The van der Waals surface area contributed by atoms with Crippen LogP contribution in [0.5, 0.6) is 5.75 Å².